The van der Waals surface area contributed by atoms with Gasteiger partial charge >= 0.3 is 5.97 Å². The van der Waals surface area contributed by atoms with Crippen LogP contribution >= 0.6 is 11.8 Å². The van der Waals surface area contributed by atoms with Gasteiger partial charge in [-0.1, -0.05) is 0 Å². The van der Waals surface area contributed by atoms with Crippen molar-refractivity contribution in [3.63, 3.8) is 0 Å². The molecule has 0 aromatic heterocycles. The number of nitrogens with two attached hydrogens (primary N) is 1. The zero-order valence-corrected chi connectivity index (χ0v) is 9.83. The summed E-state index contributed by atoms with van der Waals surface area (Å²) in [6, 6.07) is 5.52. The van der Waals surface area contributed by atoms with Gasteiger partial charge in [-0.05, 0) is 30.7 Å². The van der Waals surface area contributed by atoms with Gasteiger partial charge < -0.3 is 15.9 Å². The van der Waals surface area contributed by atoms with Crippen LogP contribution in [0.1, 0.15) is 12.0 Å². The summed E-state index contributed by atoms with van der Waals surface area (Å²) in [6.07, 6.45) is -1.04. The fourth-order valence-electron chi connectivity index (χ4n) is 1.28. The smallest absolute Gasteiger partial charge is 0.306 e. The normalized spacial score (nSPS) is 12.4. The highest BCUT2D eigenvalue weighted by Crippen LogP contribution is 2.25. The number of aliphatic hydroxyl groups is 1. The molecule has 0 spiro atoms. The monoisotopic (exact) mass is 241 g/mol. The number of rotatable bonds is 5. The summed E-state index contributed by atoms with van der Waals surface area (Å²) in [5, 5.41) is 17.9. The van der Waals surface area contributed by atoms with E-state index in [4.69, 9.17) is 10.8 Å². The molecule has 1 unspecified atom stereocenters. The molecule has 5 heteroatoms. The second kappa shape index (κ2) is 5.77. The standard InChI is InChI=1S/C11H15NO3S/c1-7-4-8(12)2-3-10(7)16-6-9(13)5-11(14)15/h2-4,9,13H,5-6,12H2,1H3,(H,14,15). The molecule has 1 rings (SSSR count). The summed E-state index contributed by atoms with van der Waals surface area (Å²) in [4.78, 5) is 11.4. The highest BCUT2D eigenvalue weighted by atomic mass is 32.2. The van der Waals surface area contributed by atoms with E-state index in [0.29, 0.717) is 11.4 Å². The van der Waals surface area contributed by atoms with Crippen LogP contribution in [0.3, 0.4) is 0 Å². The topological polar surface area (TPSA) is 83.5 Å². The van der Waals surface area contributed by atoms with E-state index in [9.17, 15) is 9.90 Å². The van der Waals surface area contributed by atoms with Gasteiger partial charge in [-0.2, -0.15) is 0 Å². The Balaban J connectivity index is 2.51. The first kappa shape index (κ1) is 12.9. The number of anilines is 1. The van der Waals surface area contributed by atoms with Crippen LogP contribution in [0, 0.1) is 6.92 Å². The van der Waals surface area contributed by atoms with Crippen LogP contribution in [0.4, 0.5) is 5.69 Å². The number of carboxylic acids is 1. The highest BCUT2D eigenvalue weighted by molar-refractivity contribution is 7.99. The third kappa shape index (κ3) is 4.12. The molecule has 0 bridgehead atoms. The molecular weight excluding hydrogens is 226 g/mol. The van der Waals surface area contributed by atoms with Crippen molar-refractivity contribution in [3.8, 4) is 0 Å². The Morgan fingerprint density at radius 3 is 2.81 bits per heavy atom. The maximum atomic E-state index is 10.3. The lowest BCUT2D eigenvalue weighted by atomic mass is 10.2. The first-order valence-corrected chi connectivity index (χ1v) is 5.86. The van der Waals surface area contributed by atoms with Crippen molar-refractivity contribution in [2.24, 2.45) is 0 Å². The molecule has 0 saturated carbocycles. The van der Waals surface area contributed by atoms with Gasteiger partial charge in [0.1, 0.15) is 0 Å². The SMILES string of the molecule is Cc1cc(N)ccc1SCC(O)CC(=O)O. The molecule has 4 nitrogen and oxygen atoms in total. The van der Waals surface area contributed by atoms with Crippen molar-refractivity contribution in [3.05, 3.63) is 23.8 Å². The summed E-state index contributed by atoms with van der Waals surface area (Å²) in [5.74, 6) is -0.612. The van der Waals surface area contributed by atoms with Gasteiger partial charge in [-0.3, -0.25) is 4.79 Å². The van der Waals surface area contributed by atoms with E-state index in [1.54, 1.807) is 6.07 Å². The van der Waals surface area contributed by atoms with E-state index >= 15 is 0 Å². The van der Waals surface area contributed by atoms with Crippen LogP contribution < -0.4 is 5.73 Å². The number of benzene rings is 1. The molecule has 0 aliphatic heterocycles. The molecular formula is C11H15NO3S. The number of carbonyl (C=O) groups is 1. The van der Waals surface area contributed by atoms with Crippen LogP contribution in [0.15, 0.2) is 23.1 Å². The summed E-state index contributed by atoms with van der Waals surface area (Å²) < 4.78 is 0. The number of carboxylic acid groups (broad SMARTS) is 1. The number of aryl methyl sites for hydroxylation is 1. The van der Waals surface area contributed by atoms with Gasteiger partial charge in [0.25, 0.3) is 0 Å². The first-order chi connectivity index (χ1) is 7.49. The minimum absolute atomic E-state index is 0.221. The van der Waals surface area contributed by atoms with E-state index in [0.717, 1.165) is 10.5 Å². The molecule has 1 aromatic carbocycles. The van der Waals surface area contributed by atoms with E-state index in [-0.39, 0.29) is 6.42 Å². The van der Waals surface area contributed by atoms with Crippen LogP contribution in [0.2, 0.25) is 0 Å². The number of thioether (sulfide) groups is 1. The highest BCUT2D eigenvalue weighted by Gasteiger charge is 2.10. The quantitative estimate of drug-likeness (QED) is 0.537. The number of aliphatic hydroxyl groups excluding tert-OH is 1. The number of nitrogen functional groups attached to an aromatic ring is 1. The Hall–Kier alpha value is -1.20. The largest absolute Gasteiger partial charge is 0.481 e. The van der Waals surface area contributed by atoms with Gasteiger partial charge in [0.05, 0.1) is 12.5 Å². The van der Waals surface area contributed by atoms with Gasteiger partial charge in [0.2, 0.25) is 0 Å². The van der Waals surface area contributed by atoms with E-state index in [1.807, 2.05) is 19.1 Å². The molecule has 0 saturated heterocycles. The zero-order valence-electron chi connectivity index (χ0n) is 9.01. The lowest BCUT2D eigenvalue weighted by Crippen LogP contribution is -2.15. The molecule has 0 heterocycles. The van der Waals surface area contributed by atoms with Gasteiger partial charge in [-0.25, -0.2) is 0 Å². The lowest BCUT2D eigenvalue weighted by molar-refractivity contribution is -0.138. The van der Waals surface area contributed by atoms with Crippen LogP contribution in [-0.2, 0) is 4.79 Å². The second-order valence-electron chi connectivity index (χ2n) is 3.59. The summed E-state index contributed by atoms with van der Waals surface area (Å²) in [5.41, 5.74) is 7.35. The predicted octanol–water partition coefficient (Wildman–Crippen LogP) is 1.50. The van der Waals surface area contributed by atoms with Gasteiger partial charge in [-0.15, -0.1) is 11.8 Å². The van der Waals surface area contributed by atoms with Crippen molar-refractivity contribution in [1.29, 1.82) is 0 Å². The second-order valence-corrected chi connectivity index (χ2v) is 4.65. The molecule has 0 amide bonds. The van der Waals surface area contributed by atoms with Crippen molar-refractivity contribution in [2.75, 3.05) is 11.5 Å². The van der Waals surface area contributed by atoms with Crippen LogP contribution in [-0.4, -0.2) is 28.0 Å². The number of hydrogen-bond donors (Lipinski definition) is 3. The summed E-state index contributed by atoms with van der Waals surface area (Å²) >= 11 is 1.44. The Kier molecular flexibility index (Phi) is 4.64. The van der Waals surface area contributed by atoms with Crippen molar-refractivity contribution in [1.82, 2.24) is 0 Å². The van der Waals surface area contributed by atoms with E-state index < -0.39 is 12.1 Å². The maximum Gasteiger partial charge on any atom is 0.306 e. The minimum atomic E-state index is -0.984. The first-order valence-electron chi connectivity index (χ1n) is 4.88. The van der Waals surface area contributed by atoms with Gasteiger partial charge in [0, 0.05) is 16.3 Å². The van der Waals surface area contributed by atoms with Crippen molar-refractivity contribution >= 4 is 23.4 Å². The molecule has 0 aliphatic carbocycles. The predicted molar refractivity (Wildman–Crippen MR) is 64.6 cm³/mol. The van der Waals surface area contributed by atoms with Gasteiger partial charge in [0.15, 0.2) is 0 Å². The maximum absolute atomic E-state index is 10.3. The minimum Gasteiger partial charge on any atom is -0.481 e. The summed E-state index contributed by atoms with van der Waals surface area (Å²) in [7, 11) is 0. The third-order valence-electron chi connectivity index (χ3n) is 2.04. The van der Waals surface area contributed by atoms with Crippen molar-refractivity contribution < 1.29 is 15.0 Å². The molecule has 0 aliphatic rings. The molecule has 4 N–H and O–H groups in total. The fraction of sp³-hybridized carbons (Fsp3) is 0.364. The fourth-order valence-corrected chi connectivity index (χ4v) is 2.22. The van der Waals surface area contributed by atoms with E-state index in [1.165, 1.54) is 11.8 Å². The van der Waals surface area contributed by atoms with Crippen LogP contribution in [0.5, 0.6) is 0 Å². The molecule has 16 heavy (non-hydrogen) atoms. The van der Waals surface area contributed by atoms with E-state index in [2.05, 4.69) is 0 Å². The Morgan fingerprint density at radius 2 is 2.25 bits per heavy atom. The molecule has 1 aromatic rings. The lowest BCUT2D eigenvalue weighted by Gasteiger charge is -2.09. The van der Waals surface area contributed by atoms with Crippen molar-refractivity contribution in [2.45, 2.75) is 24.3 Å². The Labute approximate surface area is 98.5 Å². The number of aliphatic carboxylic acids is 1. The zero-order chi connectivity index (χ0) is 12.1. The number of hydrogen-bond acceptors (Lipinski definition) is 4. The molecule has 0 fully saturated rings. The average molecular weight is 241 g/mol. The van der Waals surface area contributed by atoms with Crippen LogP contribution in [0.25, 0.3) is 0 Å². The Morgan fingerprint density at radius 1 is 1.56 bits per heavy atom. The Bertz CT molecular complexity index is 381. The molecule has 88 valence electrons. The average Bonchev–Trinajstić information content (AvgIpc) is 2.15. The third-order valence-corrected chi connectivity index (χ3v) is 3.36. The molecule has 1 atom stereocenters. The summed E-state index contributed by atoms with van der Waals surface area (Å²) in [6.45, 7) is 1.93. The molecule has 0 radical (unpaired) electrons.